The van der Waals surface area contributed by atoms with Gasteiger partial charge in [0, 0.05) is 12.0 Å². The molecule has 146 valence electrons. The van der Waals surface area contributed by atoms with Crippen LogP contribution in [0.2, 0.25) is 0 Å². The molecule has 0 aliphatic carbocycles. The molecule has 2 atom stereocenters. The van der Waals surface area contributed by atoms with Gasteiger partial charge in [0.15, 0.2) is 23.1 Å². The first kappa shape index (κ1) is 19.1. The molecule has 2 aromatic rings. The quantitative estimate of drug-likeness (QED) is 0.833. The predicted octanol–water partition coefficient (Wildman–Crippen LogP) is 3.14. The van der Waals surface area contributed by atoms with Gasteiger partial charge in [0.05, 0.1) is 46.7 Å². The van der Waals surface area contributed by atoms with Gasteiger partial charge in [-0.05, 0) is 24.1 Å². The highest BCUT2D eigenvalue weighted by molar-refractivity contribution is 5.63. The molecule has 0 aromatic heterocycles. The van der Waals surface area contributed by atoms with Crippen LogP contribution in [0.3, 0.4) is 0 Å². The van der Waals surface area contributed by atoms with Crippen LogP contribution in [0.4, 0.5) is 4.39 Å². The number of benzene rings is 2. The topological polar surface area (TPSA) is 66.4 Å². The number of rotatable bonds is 6. The second kappa shape index (κ2) is 7.92. The lowest BCUT2D eigenvalue weighted by Crippen LogP contribution is -2.28. The molecule has 0 radical (unpaired) electrons. The molecule has 0 unspecified atom stereocenters. The van der Waals surface area contributed by atoms with Gasteiger partial charge in [-0.1, -0.05) is 6.07 Å². The third-order valence-electron chi connectivity index (χ3n) is 4.74. The van der Waals surface area contributed by atoms with Crippen LogP contribution in [-0.4, -0.2) is 40.2 Å². The molecule has 0 amide bonds. The van der Waals surface area contributed by atoms with Crippen LogP contribution < -0.4 is 23.7 Å². The smallest absolute Gasteiger partial charge is 0.203 e. The number of halogens is 1. The summed E-state index contributed by atoms with van der Waals surface area (Å²) in [5, 5.41) is 11.0. The first-order chi connectivity index (χ1) is 13.0. The number of hydrogen-bond acceptors (Lipinski definition) is 6. The molecule has 1 aliphatic heterocycles. The number of hydrogen-bond donors (Lipinski definition) is 1. The molecule has 0 saturated carbocycles. The third kappa shape index (κ3) is 3.47. The zero-order valence-corrected chi connectivity index (χ0v) is 15.7. The van der Waals surface area contributed by atoms with Gasteiger partial charge in [0.2, 0.25) is 5.75 Å². The van der Waals surface area contributed by atoms with Crippen molar-refractivity contribution in [2.45, 2.75) is 12.5 Å². The van der Waals surface area contributed by atoms with Crippen molar-refractivity contribution in [3.63, 3.8) is 0 Å². The third-order valence-corrected chi connectivity index (χ3v) is 4.74. The number of aliphatic hydroxyl groups excluding tert-OH is 1. The zero-order chi connectivity index (χ0) is 19.6. The van der Waals surface area contributed by atoms with E-state index in [2.05, 4.69) is 0 Å². The van der Waals surface area contributed by atoms with Crippen molar-refractivity contribution >= 4 is 0 Å². The summed E-state index contributed by atoms with van der Waals surface area (Å²) in [7, 11) is 5.93. The lowest BCUT2D eigenvalue weighted by Gasteiger charge is -2.32. The first-order valence-electron chi connectivity index (χ1n) is 8.50. The van der Waals surface area contributed by atoms with Crippen molar-refractivity contribution in [3.05, 3.63) is 41.2 Å². The maximum absolute atomic E-state index is 14.0. The highest BCUT2D eigenvalue weighted by Gasteiger charge is 2.35. The minimum atomic E-state index is -0.867. The fourth-order valence-electron chi connectivity index (χ4n) is 3.39. The summed E-state index contributed by atoms with van der Waals surface area (Å²) < 4.78 is 40.9. The fraction of sp³-hybridized carbons (Fsp3) is 0.400. The SMILES string of the molecule is COc1ccc(C[C@@H]2COc3cc(OC)c(OC)c(OC)c3[C@@H]2O)cc1F. The van der Waals surface area contributed by atoms with Crippen molar-refractivity contribution in [1.29, 1.82) is 0 Å². The van der Waals surface area contributed by atoms with E-state index in [1.165, 1.54) is 34.5 Å². The number of aliphatic hydroxyl groups is 1. The van der Waals surface area contributed by atoms with E-state index in [-0.39, 0.29) is 18.3 Å². The Hall–Kier alpha value is -2.67. The average molecular weight is 378 g/mol. The Bertz CT molecular complexity index is 823. The van der Waals surface area contributed by atoms with E-state index in [0.717, 1.165) is 5.56 Å². The molecule has 27 heavy (non-hydrogen) atoms. The van der Waals surface area contributed by atoms with Gasteiger partial charge >= 0.3 is 0 Å². The van der Waals surface area contributed by atoms with Crippen LogP contribution in [0.25, 0.3) is 0 Å². The van der Waals surface area contributed by atoms with Gasteiger partial charge in [0.1, 0.15) is 5.75 Å². The fourth-order valence-corrected chi connectivity index (χ4v) is 3.39. The van der Waals surface area contributed by atoms with Gasteiger partial charge in [0.25, 0.3) is 0 Å². The Morgan fingerprint density at radius 1 is 1.00 bits per heavy atom. The summed E-state index contributed by atoms with van der Waals surface area (Å²) >= 11 is 0. The summed E-state index contributed by atoms with van der Waals surface area (Å²) in [4.78, 5) is 0. The Morgan fingerprint density at radius 3 is 2.30 bits per heavy atom. The number of fused-ring (bicyclic) bond motifs is 1. The second-order valence-corrected chi connectivity index (χ2v) is 6.25. The first-order valence-corrected chi connectivity index (χ1v) is 8.50. The lowest BCUT2D eigenvalue weighted by atomic mass is 9.87. The minimum Gasteiger partial charge on any atom is -0.494 e. The molecule has 2 aromatic carbocycles. The van der Waals surface area contributed by atoms with E-state index < -0.39 is 11.9 Å². The molecular formula is C20H23FO6. The van der Waals surface area contributed by atoms with Crippen LogP contribution in [0.15, 0.2) is 24.3 Å². The van der Waals surface area contributed by atoms with E-state index in [9.17, 15) is 9.50 Å². The Labute approximate surface area is 157 Å². The number of ether oxygens (including phenoxy) is 5. The average Bonchev–Trinajstić information content (AvgIpc) is 2.68. The summed E-state index contributed by atoms with van der Waals surface area (Å²) in [5.74, 6) is 1.15. The number of methoxy groups -OCH3 is 4. The molecule has 0 spiro atoms. The monoisotopic (exact) mass is 378 g/mol. The standard InChI is InChI=1S/C20H23FO6/c1-23-14-6-5-11(8-13(14)21)7-12-10-27-15-9-16(24-2)19(25-3)20(26-4)17(15)18(12)22/h5-6,8-9,12,18,22H,7,10H2,1-4H3/t12-,18-/m1/s1. The van der Waals surface area contributed by atoms with Gasteiger partial charge in [-0.25, -0.2) is 4.39 Å². The predicted molar refractivity (Wildman–Crippen MR) is 96.7 cm³/mol. The van der Waals surface area contributed by atoms with Crippen LogP contribution in [0, 0.1) is 11.7 Å². The maximum atomic E-state index is 14.0. The van der Waals surface area contributed by atoms with E-state index in [1.807, 2.05) is 0 Å². The van der Waals surface area contributed by atoms with Crippen molar-refractivity contribution in [2.24, 2.45) is 5.92 Å². The van der Waals surface area contributed by atoms with Gasteiger partial charge < -0.3 is 28.8 Å². The van der Waals surface area contributed by atoms with Crippen molar-refractivity contribution in [1.82, 2.24) is 0 Å². The highest BCUT2D eigenvalue weighted by atomic mass is 19.1. The molecule has 0 fully saturated rings. The largest absolute Gasteiger partial charge is 0.494 e. The highest BCUT2D eigenvalue weighted by Crippen LogP contribution is 2.51. The molecule has 7 heteroatoms. The molecule has 1 N–H and O–H groups in total. The molecule has 0 bridgehead atoms. The minimum absolute atomic E-state index is 0.183. The summed E-state index contributed by atoms with van der Waals surface area (Å²) in [6, 6.07) is 6.43. The maximum Gasteiger partial charge on any atom is 0.203 e. The Kier molecular flexibility index (Phi) is 5.60. The van der Waals surface area contributed by atoms with Crippen molar-refractivity contribution < 1.29 is 33.2 Å². The molecule has 1 heterocycles. The van der Waals surface area contributed by atoms with Gasteiger partial charge in [-0.15, -0.1) is 0 Å². The lowest BCUT2D eigenvalue weighted by molar-refractivity contribution is 0.0476. The normalized spacial score (nSPS) is 18.3. The Morgan fingerprint density at radius 2 is 1.70 bits per heavy atom. The zero-order valence-electron chi connectivity index (χ0n) is 15.7. The van der Waals surface area contributed by atoms with Crippen LogP contribution in [-0.2, 0) is 6.42 Å². The molecular weight excluding hydrogens is 355 g/mol. The molecule has 3 rings (SSSR count). The summed E-state index contributed by atoms with van der Waals surface area (Å²) in [6.45, 7) is 0.278. The van der Waals surface area contributed by atoms with E-state index in [1.54, 1.807) is 18.2 Å². The van der Waals surface area contributed by atoms with E-state index in [0.29, 0.717) is 35.0 Å². The second-order valence-electron chi connectivity index (χ2n) is 6.25. The van der Waals surface area contributed by atoms with E-state index >= 15 is 0 Å². The van der Waals surface area contributed by atoms with Crippen LogP contribution in [0.1, 0.15) is 17.2 Å². The van der Waals surface area contributed by atoms with Crippen molar-refractivity contribution in [3.8, 4) is 28.7 Å². The van der Waals surface area contributed by atoms with E-state index in [4.69, 9.17) is 23.7 Å². The summed E-state index contributed by atoms with van der Waals surface area (Å²) in [6.07, 6.45) is -0.437. The molecule has 6 nitrogen and oxygen atoms in total. The molecule has 1 aliphatic rings. The van der Waals surface area contributed by atoms with Crippen molar-refractivity contribution in [2.75, 3.05) is 35.0 Å². The van der Waals surface area contributed by atoms with Crippen LogP contribution in [0.5, 0.6) is 28.7 Å². The Balaban J connectivity index is 1.93. The molecule has 0 saturated heterocycles. The summed E-state index contributed by atoms with van der Waals surface area (Å²) in [5.41, 5.74) is 1.24. The van der Waals surface area contributed by atoms with Gasteiger partial charge in [-0.2, -0.15) is 0 Å². The van der Waals surface area contributed by atoms with Gasteiger partial charge in [-0.3, -0.25) is 0 Å². The van der Waals surface area contributed by atoms with Crippen LogP contribution >= 0.6 is 0 Å².